The lowest BCUT2D eigenvalue weighted by Crippen LogP contribution is -2.50. The molecule has 2 atom stereocenters. The van der Waals surface area contributed by atoms with Gasteiger partial charge in [-0.3, -0.25) is 24.1 Å². The Morgan fingerprint density at radius 1 is 1.00 bits per heavy atom. The first-order valence-corrected chi connectivity index (χ1v) is 11.3. The van der Waals surface area contributed by atoms with Crippen LogP contribution in [0.5, 0.6) is 0 Å². The van der Waals surface area contributed by atoms with Gasteiger partial charge in [0.15, 0.2) is 6.61 Å². The first kappa shape index (κ1) is 22.3. The van der Waals surface area contributed by atoms with Crippen LogP contribution in [0.25, 0.3) is 0 Å². The summed E-state index contributed by atoms with van der Waals surface area (Å²) in [7, 11) is 0. The Morgan fingerprint density at radius 3 is 2.28 bits per heavy atom. The summed E-state index contributed by atoms with van der Waals surface area (Å²) in [5.41, 5.74) is 1.01. The third kappa shape index (κ3) is 4.80. The van der Waals surface area contributed by atoms with Gasteiger partial charge in [0.25, 0.3) is 5.91 Å². The first-order chi connectivity index (χ1) is 15.4. The molecule has 2 heterocycles. The van der Waals surface area contributed by atoms with Crippen LogP contribution in [0.15, 0.2) is 36.4 Å². The molecule has 2 saturated heterocycles. The number of hydrogen-bond acceptors (Lipinski definition) is 6. The molecule has 0 radical (unpaired) electrons. The Bertz CT molecular complexity index is 915. The monoisotopic (exact) mass is 459 g/mol. The summed E-state index contributed by atoms with van der Waals surface area (Å²) in [5, 5.41) is 0.667. The van der Waals surface area contributed by atoms with Crippen molar-refractivity contribution in [2.45, 2.75) is 19.3 Å². The van der Waals surface area contributed by atoms with Crippen molar-refractivity contribution in [2.24, 2.45) is 11.8 Å². The van der Waals surface area contributed by atoms with E-state index in [1.54, 1.807) is 4.90 Å². The smallest absolute Gasteiger partial charge is 0.308 e. The zero-order valence-corrected chi connectivity index (χ0v) is 18.5. The van der Waals surface area contributed by atoms with E-state index in [0.29, 0.717) is 44.0 Å². The zero-order chi connectivity index (χ0) is 22.7. The molecule has 2 unspecified atom stereocenters. The quantitative estimate of drug-likeness (QED) is 0.366. The molecule has 3 amide bonds. The largest absolute Gasteiger partial charge is 0.456 e. The van der Waals surface area contributed by atoms with E-state index in [-0.39, 0.29) is 49.1 Å². The highest BCUT2D eigenvalue weighted by Gasteiger charge is 2.46. The zero-order valence-electron chi connectivity index (χ0n) is 17.7. The Kier molecular flexibility index (Phi) is 6.79. The highest BCUT2D eigenvalue weighted by molar-refractivity contribution is 6.30. The van der Waals surface area contributed by atoms with Crippen molar-refractivity contribution in [3.8, 4) is 0 Å². The van der Waals surface area contributed by atoms with E-state index in [1.165, 1.54) is 4.90 Å². The van der Waals surface area contributed by atoms with Gasteiger partial charge in [-0.2, -0.15) is 0 Å². The van der Waals surface area contributed by atoms with Crippen LogP contribution < -0.4 is 4.90 Å². The summed E-state index contributed by atoms with van der Waals surface area (Å²) in [6.07, 6.45) is 4.86. The van der Waals surface area contributed by atoms with Gasteiger partial charge >= 0.3 is 5.97 Å². The molecule has 1 aliphatic carbocycles. The van der Waals surface area contributed by atoms with Gasteiger partial charge in [0, 0.05) is 43.4 Å². The summed E-state index contributed by atoms with van der Waals surface area (Å²) >= 11 is 6.05. The average molecular weight is 460 g/mol. The van der Waals surface area contributed by atoms with Crippen molar-refractivity contribution in [2.75, 3.05) is 44.2 Å². The molecule has 170 valence electrons. The summed E-state index contributed by atoms with van der Waals surface area (Å²) in [6, 6.07) is 7.58. The number of esters is 1. The number of nitrogens with zero attached hydrogens (tertiary/aromatic N) is 3. The van der Waals surface area contributed by atoms with Crippen molar-refractivity contribution < 1.29 is 23.9 Å². The van der Waals surface area contributed by atoms with Crippen molar-refractivity contribution in [3.63, 3.8) is 0 Å². The second-order valence-corrected chi connectivity index (χ2v) is 8.68. The molecule has 4 rings (SSSR count). The topological polar surface area (TPSA) is 87.2 Å². The van der Waals surface area contributed by atoms with E-state index in [9.17, 15) is 19.2 Å². The lowest BCUT2D eigenvalue weighted by Gasteiger charge is -2.36. The highest BCUT2D eigenvalue weighted by atomic mass is 35.5. The summed E-state index contributed by atoms with van der Waals surface area (Å²) in [6.45, 7) is 2.03. The molecule has 0 saturated carbocycles. The number of hydrogen-bond donors (Lipinski definition) is 0. The van der Waals surface area contributed by atoms with Crippen LogP contribution in [-0.2, 0) is 23.9 Å². The molecule has 9 heteroatoms. The normalized spacial score (nSPS) is 22.8. The number of rotatable bonds is 6. The molecule has 1 aromatic carbocycles. The number of carbonyl (C=O) groups is 4. The van der Waals surface area contributed by atoms with E-state index < -0.39 is 5.97 Å². The molecule has 0 N–H and O–H groups in total. The molecule has 32 heavy (non-hydrogen) atoms. The minimum atomic E-state index is -0.593. The minimum absolute atomic E-state index is 0.00397. The molecule has 1 aromatic rings. The SMILES string of the molecule is O=C(CCN1C(=O)C2CC=CCC2C1=O)OCC(=O)N1CCN(c2cccc(Cl)c2)CC1. The fraction of sp³-hybridized carbons (Fsp3) is 0.478. The number of ether oxygens (including phenoxy) is 1. The lowest BCUT2D eigenvalue weighted by molar-refractivity contribution is -0.153. The van der Waals surface area contributed by atoms with Gasteiger partial charge in [-0.1, -0.05) is 29.8 Å². The second kappa shape index (κ2) is 9.73. The standard InChI is InChI=1S/C23H26ClN3O5/c24-16-4-3-5-17(14-16)25-10-12-26(13-11-25)20(28)15-32-21(29)8-9-27-22(30)18-6-1-2-7-19(18)23(27)31/h1-5,14,18-19H,6-13,15H2. The van der Waals surface area contributed by atoms with E-state index >= 15 is 0 Å². The van der Waals surface area contributed by atoms with Crippen LogP contribution in [0.4, 0.5) is 5.69 Å². The molecule has 3 aliphatic rings. The number of carbonyl (C=O) groups excluding carboxylic acids is 4. The predicted molar refractivity (Wildman–Crippen MR) is 118 cm³/mol. The number of amides is 3. The van der Waals surface area contributed by atoms with Crippen molar-refractivity contribution >= 4 is 41.0 Å². The molecule has 0 spiro atoms. The molecule has 2 fully saturated rings. The third-order valence-corrected chi connectivity index (χ3v) is 6.54. The van der Waals surface area contributed by atoms with E-state index in [1.807, 2.05) is 36.4 Å². The molecule has 2 aliphatic heterocycles. The molecule has 8 nitrogen and oxygen atoms in total. The van der Waals surface area contributed by atoms with Crippen LogP contribution in [0, 0.1) is 11.8 Å². The maximum atomic E-state index is 12.4. The predicted octanol–water partition coefficient (Wildman–Crippen LogP) is 1.87. The number of allylic oxidation sites excluding steroid dienone is 2. The highest BCUT2D eigenvalue weighted by Crippen LogP contribution is 2.35. The second-order valence-electron chi connectivity index (χ2n) is 8.24. The number of anilines is 1. The molecule has 0 aromatic heterocycles. The summed E-state index contributed by atoms with van der Waals surface area (Å²) in [4.78, 5) is 54.4. The number of imide groups is 1. The van der Waals surface area contributed by atoms with E-state index in [4.69, 9.17) is 16.3 Å². The van der Waals surface area contributed by atoms with Crippen LogP contribution in [0.3, 0.4) is 0 Å². The number of piperazine rings is 1. The summed E-state index contributed by atoms with van der Waals surface area (Å²) < 4.78 is 5.11. The first-order valence-electron chi connectivity index (χ1n) is 10.9. The van der Waals surface area contributed by atoms with Gasteiger partial charge in [0.05, 0.1) is 18.3 Å². The number of benzene rings is 1. The molecular weight excluding hydrogens is 434 g/mol. The van der Waals surface area contributed by atoms with Crippen molar-refractivity contribution in [1.29, 1.82) is 0 Å². The fourth-order valence-corrected chi connectivity index (χ4v) is 4.67. The Hall–Kier alpha value is -2.87. The van der Waals surface area contributed by atoms with E-state index in [0.717, 1.165) is 5.69 Å². The number of halogens is 1. The van der Waals surface area contributed by atoms with Crippen molar-refractivity contribution in [1.82, 2.24) is 9.80 Å². The fourth-order valence-electron chi connectivity index (χ4n) is 4.49. The van der Waals surface area contributed by atoms with Gasteiger partial charge in [-0.05, 0) is 31.0 Å². The lowest BCUT2D eigenvalue weighted by atomic mass is 9.85. The average Bonchev–Trinajstić information content (AvgIpc) is 3.06. The maximum Gasteiger partial charge on any atom is 0.308 e. The Labute approximate surface area is 191 Å². The van der Waals surface area contributed by atoms with Gasteiger partial charge in [0.2, 0.25) is 11.8 Å². The Morgan fingerprint density at radius 2 is 1.66 bits per heavy atom. The molecular formula is C23H26ClN3O5. The number of likely N-dealkylation sites (tertiary alicyclic amines) is 1. The van der Waals surface area contributed by atoms with Crippen LogP contribution >= 0.6 is 11.6 Å². The van der Waals surface area contributed by atoms with Gasteiger partial charge in [0.1, 0.15) is 0 Å². The Balaban J connectivity index is 1.18. The van der Waals surface area contributed by atoms with Crippen molar-refractivity contribution in [3.05, 3.63) is 41.4 Å². The summed E-state index contributed by atoms with van der Waals surface area (Å²) in [5.74, 6) is -1.90. The van der Waals surface area contributed by atoms with Gasteiger partial charge < -0.3 is 14.5 Å². The van der Waals surface area contributed by atoms with E-state index in [2.05, 4.69) is 4.90 Å². The van der Waals surface area contributed by atoms with Gasteiger partial charge in [-0.25, -0.2) is 0 Å². The third-order valence-electron chi connectivity index (χ3n) is 6.30. The minimum Gasteiger partial charge on any atom is -0.456 e. The van der Waals surface area contributed by atoms with Crippen LogP contribution in [-0.4, -0.2) is 72.8 Å². The van der Waals surface area contributed by atoms with Gasteiger partial charge in [-0.15, -0.1) is 0 Å². The van der Waals surface area contributed by atoms with Crippen LogP contribution in [0.2, 0.25) is 5.02 Å². The maximum absolute atomic E-state index is 12.4. The van der Waals surface area contributed by atoms with Crippen LogP contribution in [0.1, 0.15) is 19.3 Å². The molecule has 0 bridgehead atoms. The number of fused-ring (bicyclic) bond motifs is 1.